The molecule has 0 aliphatic heterocycles. The topological polar surface area (TPSA) is 75.4 Å². The first-order valence-corrected chi connectivity index (χ1v) is 6.38. The van der Waals surface area contributed by atoms with Crippen molar-refractivity contribution in [3.05, 3.63) is 35.9 Å². The van der Waals surface area contributed by atoms with Gasteiger partial charge in [0.15, 0.2) is 0 Å². The van der Waals surface area contributed by atoms with Crippen LogP contribution in [0.25, 0.3) is 0 Å². The Hall–Kier alpha value is -1.59. The Morgan fingerprint density at radius 1 is 1.25 bits per heavy atom. The maximum Gasteiger partial charge on any atom is 0.237 e. The summed E-state index contributed by atoms with van der Waals surface area (Å²) in [6, 6.07) is 9.58. The van der Waals surface area contributed by atoms with Crippen molar-refractivity contribution in [1.82, 2.24) is 10.2 Å². The van der Waals surface area contributed by atoms with E-state index < -0.39 is 5.91 Å². The van der Waals surface area contributed by atoms with Crippen molar-refractivity contribution < 1.29 is 9.59 Å². The van der Waals surface area contributed by atoms with E-state index in [1.54, 1.807) is 0 Å². The molecule has 0 bridgehead atoms. The molecule has 1 aromatic rings. The van der Waals surface area contributed by atoms with Gasteiger partial charge in [-0.3, -0.25) is 9.59 Å². The summed E-state index contributed by atoms with van der Waals surface area (Å²) < 4.78 is 0. The first-order valence-electron chi connectivity index (χ1n) is 6.38. The molecule has 5 nitrogen and oxygen atoms in total. The number of nitrogens with one attached hydrogen (secondary N) is 1. The molecule has 6 heteroatoms. The third-order valence-corrected chi connectivity index (χ3v) is 2.73. The lowest BCUT2D eigenvalue weighted by Gasteiger charge is -2.21. The van der Waals surface area contributed by atoms with Gasteiger partial charge in [0.2, 0.25) is 11.8 Å². The number of carbonyl (C=O) groups is 2. The van der Waals surface area contributed by atoms with E-state index in [1.807, 2.05) is 37.4 Å². The second kappa shape index (κ2) is 10.2. The summed E-state index contributed by atoms with van der Waals surface area (Å²) >= 11 is 0. The van der Waals surface area contributed by atoms with Crippen LogP contribution in [0.3, 0.4) is 0 Å². The van der Waals surface area contributed by atoms with E-state index in [1.165, 1.54) is 4.90 Å². The van der Waals surface area contributed by atoms with Crippen LogP contribution in [0.5, 0.6) is 0 Å². The van der Waals surface area contributed by atoms with Crippen LogP contribution in [0, 0.1) is 0 Å². The Kier molecular flexibility index (Phi) is 9.41. The van der Waals surface area contributed by atoms with Gasteiger partial charge >= 0.3 is 0 Å². The third kappa shape index (κ3) is 7.11. The van der Waals surface area contributed by atoms with Crippen LogP contribution >= 0.6 is 12.4 Å². The van der Waals surface area contributed by atoms with E-state index in [4.69, 9.17) is 5.73 Å². The van der Waals surface area contributed by atoms with Crippen LogP contribution < -0.4 is 11.1 Å². The van der Waals surface area contributed by atoms with Gasteiger partial charge in [-0.2, -0.15) is 0 Å². The lowest BCUT2D eigenvalue weighted by Crippen LogP contribution is -2.38. The Balaban J connectivity index is 0.00000361. The summed E-state index contributed by atoms with van der Waals surface area (Å²) in [5.74, 6) is -0.532. The lowest BCUT2D eigenvalue weighted by molar-refractivity contribution is -0.135. The standard InChI is InChI=1S/C14H21N3O2.ClH/c1-16-9-5-8-14(19)17(11-13(15)18)10-12-6-3-2-4-7-12;/h2-4,6-7,16H,5,8-11H2,1H3,(H2,15,18);1H. The Morgan fingerprint density at radius 3 is 2.45 bits per heavy atom. The quantitative estimate of drug-likeness (QED) is 0.701. The molecule has 0 aromatic heterocycles. The van der Waals surface area contributed by atoms with Gasteiger partial charge in [0.05, 0.1) is 6.54 Å². The zero-order valence-electron chi connectivity index (χ0n) is 11.7. The molecule has 3 N–H and O–H groups in total. The summed E-state index contributed by atoms with van der Waals surface area (Å²) in [6.45, 7) is 1.16. The molecule has 0 atom stereocenters. The van der Waals surface area contributed by atoms with Crippen molar-refractivity contribution in [3.63, 3.8) is 0 Å². The summed E-state index contributed by atoms with van der Waals surface area (Å²) in [4.78, 5) is 24.6. The van der Waals surface area contributed by atoms with Crippen LogP contribution in [0.2, 0.25) is 0 Å². The number of primary amides is 1. The third-order valence-electron chi connectivity index (χ3n) is 2.73. The van der Waals surface area contributed by atoms with E-state index in [2.05, 4.69) is 5.32 Å². The van der Waals surface area contributed by atoms with Gasteiger partial charge in [-0.1, -0.05) is 30.3 Å². The second-order valence-corrected chi connectivity index (χ2v) is 4.41. The van der Waals surface area contributed by atoms with E-state index >= 15 is 0 Å². The molecule has 112 valence electrons. The predicted octanol–water partition coefficient (Wildman–Crippen LogP) is 0.922. The minimum absolute atomic E-state index is 0. The maximum absolute atomic E-state index is 12.0. The molecule has 0 saturated heterocycles. The van der Waals surface area contributed by atoms with Crippen LogP contribution in [0.15, 0.2) is 30.3 Å². The first-order chi connectivity index (χ1) is 9.13. The van der Waals surface area contributed by atoms with Crippen molar-refractivity contribution in [1.29, 1.82) is 0 Å². The molecule has 0 aliphatic rings. The highest BCUT2D eigenvalue weighted by Gasteiger charge is 2.15. The zero-order valence-corrected chi connectivity index (χ0v) is 12.5. The Morgan fingerprint density at radius 2 is 1.90 bits per heavy atom. The number of hydrogen-bond donors (Lipinski definition) is 2. The van der Waals surface area contributed by atoms with Gasteiger partial charge < -0.3 is 16.0 Å². The van der Waals surface area contributed by atoms with Gasteiger partial charge in [-0.25, -0.2) is 0 Å². The SMILES string of the molecule is CNCCCC(=O)N(CC(N)=O)Cc1ccccc1.Cl. The molecular weight excluding hydrogens is 278 g/mol. The number of nitrogens with two attached hydrogens (primary N) is 1. The largest absolute Gasteiger partial charge is 0.368 e. The molecule has 2 amide bonds. The maximum atomic E-state index is 12.0. The first kappa shape index (κ1) is 18.4. The average molecular weight is 300 g/mol. The summed E-state index contributed by atoms with van der Waals surface area (Å²) in [7, 11) is 1.84. The molecule has 0 spiro atoms. The fraction of sp³-hybridized carbons (Fsp3) is 0.429. The molecule has 1 rings (SSSR count). The van der Waals surface area contributed by atoms with E-state index in [0.717, 1.165) is 18.5 Å². The fourth-order valence-electron chi connectivity index (χ4n) is 1.80. The van der Waals surface area contributed by atoms with Crippen molar-refractivity contribution >= 4 is 24.2 Å². The van der Waals surface area contributed by atoms with Crippen LogP contribution in [0.4, 0.5) is 0 Å². The number of carbonyl (C=O) groups excluding carboxylic acids is 2. The summed E-state index contributed by atoms with van der Waals surface area (Å²) in [6.07, 6.45) is 1.17. The Labute approximate surface area is 125 Å². The van der Waals surface area contributed by atoms with Gasteiger partial charge in [0.25, 0.3) is 0 Å². The predicted molar refractivity (Wildman–Crippen MR) is 81.5 cm³/mol. The number of benzene rings is 1. The lowest BCUT2D eigenvalue weighted by atomic mass is 10.2. The molecule has 0 saturated carbocycles. The zero-order chi connectivity index (χ0) is 14.1. The van der Waals surface area contributed by atoms with Crippen molar-refractivity contribution in [2.24, 2.45) is 5.73 Å². The minimum atomic E-state index is -0.488. The molecule has 0 fully saturated rings. The molecule has 0 aliphatic carbocycles. The highest BCUT2D eigenvalue weighted by Crippen LogP contribution is 2.06. The smallest absolute Gasteiger partial charge is 0.237 e. The van der Waals surface area contributed by atoms with E-state index in [0.29, 0.717) is 13.0 Å². The molecular formula is C14H22ClN3O2. The normalized spacial score (nSPS) is 9.65. The average Bonchev–Trinajstić information content (AvgIpc) is 2.39. The molecule has 20 heavy (non-hydrogen) atoms. The molecule has 0 heterocycles. The van der Waals surface area contributed by atoms with E-state index in [9.17, 15) is 9.59 Å². The Bertz CT molecular complexity index is 412. The van der Waals surface area contributed by atoms with Crippen molar-refractivity contribution in [2.45, 2.75) is 19.4 Å². The van der Waals surface area contributed by atoms with Gasteiger partial charge in [-0.15, -0.1) is 12.4 Å². The summed E-state index contributed by atoms with van der Waals surface area (Å²) in [5, 5.41) is 2.99. The summed E-state index contributed by atoms with van der Waals surface area (Å²) in [5.41, 5.74) is 6.19. The van der Waals surface area contributed by atoms with Crippen LogP contribution in [-0.2, 0) is 16.1 Å². The number of halogens is 1. The van der Waals surface area contributed by atoms with Gasteiger partial charge in [-0.05, 0) is 25.6 Å². The van der Waals surface area contributed by atoms with E-state index in [-0.39, 0.29) is 24.9 Å². The van der Waals surface area contributed by atoms with Gasteiger partial charge in [0.1, 0.15) is 0 Å². The minimum Gasteiger partial charge on any atom is -0.368 e. The molecule has 0 radical (unpaired) electrons. The fourth-order valence-corrected chi connectivity index (χ4v) is 1.80. The highest BCUT2D eigenvalue weighted by molar-refractivity contribution is 5.85. The van der Waals surface area contributed by atoms with Crippen molar-refractivity contribution in [2.75, 3.05) is 20.1 Å². The molecule has 0 unspecified atom stereocenters. The number of nitrogens with zero attached hydrogens (tertiary/aromatic N) is 1. The molecule has 1 aromatic carbocycles. The number of amides is 2. The van der Waals surface area contributed by atoms with Crippen LogP contribution in [0.1, 0.15) is 18.4 Å². The number of hydrogen-bond acceptors (Lipinski definition) is 3. The highest BCUT2D eigenvalue weighted by atomic mass is 35.5. The monoisotopic (exact) mass is 299 g/mol. The van der Waals surface area contributed by atoms with Crippen LogP contribution in [-0.4, -0.2) is 36.9 Å². The number of rotatable bonds is 8. The second-order valence-electron chi connectivity index (χ2n) is 4.41. The van der Waals surface area contributed by atoms with Gasteiger partial charge in [0, 0.05) is 13.0 Å². The van der Waals surface area contributed by atoms with Crippen molar-refractivity contribution in [3.8, 4) is 0 Å².